The molecule has 2 unspecified atom stereocenters. The number of hydrogen-bond donors (Lipinski definition) is 1. The molecule has 0 aliphatic carbocycles. The zero-order valence-corrected chi connectivity index (χ0v) is 13.2. The second-order valence-corrected chi connectivity index (χ2v) is 6.13. The molecule has 1 aliphatic heterocycles. The molecule has 0 bridgehead atoms. The van der Waals surface area contributed by atoms with Crippen LogP contribution in [0.2, 0.25) is 0 Å². The number of hydrogen-bond acceptors (Lipinski definition) is 3. The maximum Gasteiger partial charge on any atom is 0.224 e. The fraction of sp³-hybridized carbons (Fsp3) is 0.588. The summed E-state index contributed by atoms with van der Waals surface area (Å²) in [5.41, 5.74) is 7.22. The quantitative estimate of drug-likeness (QED) is 0.907. The molecule has 2 rings (SSSR count). The molecule has 1 saturated heterocycles. The second kappa shape index (κ2) is 6.94. The average molecular weight is 290 g/mol. The minimum absolute atomic E-state index is 0.0605. The number of rotatable bonds is 5. The van der Waals surface area contributed by atoms with Gasteiger partial charge in [-0.1, -0.05) is 26.0 Å². The van der Waals surface area contributed by atoms with E-state index in [4.69, 9.17) is 10.5 Å². The van der Waals surface area contributed by atoms with Crippen LogP contribution in [0, 0.1) is 5.92 Å². The molecule has 116 valence electrons. The number of carbonyl (C=O) groups excluding carboxylic acids is 1. The SMILES string of the molecule is COc1ccc(C2CCCN2C(=O)CC(N)C(C)C)cc1. The van der Waals surface area contributed by atoms with Gasteiger partial charge in [-0.05, 0) is 36.5 Å². The van der Waals surface area contributed by atoms with Crippen LogP contribution in [0.5, 0.6) is 5.75 Å². The summed E-state index contributed by atoms with van der Waals surface area (Å²) in [4.78, 5) is 14.5. The molecule has 4 heteroatoms. The Kier molecular flexibility index (Phi) is 5.23. The molecule has 4 nitrogen and oxygen atoms in total. The summed E-state index contributed by atoms with van der Waals surface area (Å²) in [5, 5.41) is 0. The lowest BCUT2D eigenvalue weighted by molar-refractivity contribution is -0.132. The third kappa shape index (κ3) is 3.76. The van der Waals surface area contributed by atoms with E-state index in [1.54, 1.807) is 7.11 Å². The number of likely N-dealkylation sites (tertiary alicyclic amines) is 1. The smallest absolute Gasteiger partial charge is 0.224 e. The van der Waals surface area contributed by atoms with Crippen LogP contribution in [-0.2, 0) is 4.79 Å². The van der Waals surface area contributed by atoms with Gasteiger partial charge in [-0.15, -0.1) is 0 Å². The predicted octanol–water partition coefficient (Wildman–Crippen LogP) is 2.73. The molecular weight excluding hydrogens is 264 g/mol. The molecule has 0 aromatic heterocycles. The molecular formula is C17H26N2O2. The molecule has 0 saturated carbocycles. The van der Waals surface area contributed by atoms with Crippen LogP contribution >= 0.6 is 0 Å². The van der Waals surface area contributed by atoms with Crippen molar-refractivity contribution >= 4 is 5.91 Å². The topological polar surface area (TPSA) is 55.6 Å². The van der Waals surface area contributed by atoms with Crippen molar-refractivity contribution in [2.75, 3.05) is 13.7 Å². The van der Waals surface area contributed by atoms with Crippen molar-refractivity contribution in [1.29, 1.82) is 0 Å². The maximum atomic E-state index is 12.5. The van der Waals surface area contributed by atoms with Gasteiger partial charge in [0.25, 0.3) is 0 Å². The number of benzene rings is 1. The number of nitrogens with two attached hydrogens (primary N) is 1. The van der Waals surface area contributed by atoms with Crippen LogP contribution in [-0.4, -0.2) is 30.5 Å². The van der Waals surface area contributed by atoms with E-state index < -0.39 is 0 Å². The van der Waals surface area contributed by atoms with Gasteiger partial charge in [-0.25, -0.2) is 0 Å². The summed E-state index contributed by atoms with van der Waals surface area (Å²) in [6.45, 7) is 4.95. The Balaban J connectivity index is 2.06. The van der Waals surface area contributed by atoms with Crippen LogP contribution in [0.3, 0.4) is 0 Å². The fourth-order valence-electron chi connectivity index (χ4n) is 2.79. The van der Waals surface area contributed by atoms with E-state index in [1.165, 1.54) is 5.56 Å². The molecule has 0 spiro atoms. The van der Waals surface area contributed by atoms with Crippen molar-refractivity contribution in [1.82, 2.24) is 4.90 Å². The Bertz CT molecular complexity index is 470. The lowest BCUT2D eigenvalue weighted by atomic mass is 10.00. The molecule has 1 amide bonds. The van der Waals surface area contributed by atoms with Crippen molar-refractivity contribution < 1.29 is 9.53 Å². The maximum absolute atomic E-state index is 12.5. The number of carbonyl (C=O) groups is 1. The van der Waals surface area contributed by atoms with E-state index >= 15 is 0 Å². The summed E-state index contributed by atoms with van der Waals surface area (Å²) >= 11 is 0. The lowest BCUT2D eigenvalue weighted by Crippen LogP contribution is -2.37. The highest BCUT2D eigenvalue weighted by molar-refractivity contribution is 5.77. The van der Waals surface area contributed by atoms with Gasteiger partial charge in [0.15, 0.2) is 0 Å². The van der Waals surface area contributed by atoms with E-state index in [1.807, 2.05) is 17.0 Å². The minimum Gasteiger partial charge on any atom is -0.497 e. The molecule has 1 aromatic rings. The Hall–Kier alpha value is -1.55. The summed E-state index contributed by atoms with van der Waals surface area (Å²) in [5.74, 6) is 1.35. The molecule has 1 aliphatic rings. The third-order valence-electron chi connectivity index (χ3n) is 4.34. The van der Waals surface area contributed by atoms with E-state index in [0.717, 1.165) is 25.1 Å². The van der Waals surface area contributed by atoms with Gasteiger partial charge >= 0.3 is 0 Å². The summed E-state index contributed by atoms with van der Waals surface area (Å²) in [6.07, 6.45) is 2.51. The molecule has 0 radical (unpaired) electrons. The molecule has 1 heterocycles. The molecule has 1 aromatic carbocycles. The first kappa shape index (κ1) is 15.8. The Morgan fingerprint density at radius 2 is 2.05 bits per heavy atom. The molecule has 2 atom stereocenters. The van der Waals surface area contributed by atoms with Gasteiger partial charge in [0.05, 0.1) is 13.2 Å². The van der Waals surface area contributed by atoms with Gasteiger partial charge in [0.1, 0.15) is 5.75 Å². The Morgan fingerprint density at radius 3 is 2.62 bits per heavy atom. The summed E-state index contributed by atoms with van der Waals surface area (Å²) in [6, 6.07) is 8.14. The van der Waals surface area contributed by atoms with Crippen molar-refractivity contribution in [3.05, 3.63) is 29.8 Å². The van der Waals surface area contributed by atoms with Gasteiger partial charge in [-0.3, -0.25) is 4.79 Å². The van der Waals surface area contributed by atoms with Crippen LogP contribution < -0.4 is 10.5 Å². The largest absolute Gasteiger partial charge is 0.497 e. The third-order valence-corrected chi connectivity index (χ3v) is 4.34. The highest BCUT2D eigenvalue weighted by atomic mass is 16.5. The zero-order valence-electron chi connectivity index (χ0n) is 13.2. The van der Waals surface area contributed by atoms with Crippen molar-refractivity contribution in [2.45, 2.75) is 45.2 Å². The van der Waals surface area contributed by atoms with Gasteiger partial charge in [-0.2, -0.15) is 0 Å². The van der Waals surface area contributed by atoms with Crippen LogP contribution in [0.1, 0.15) is 44.7 Å². The van der Waals surface area contributed by atoms with E-state index in [0.29, 0.717) is 12.3 Å². The molecule has 21 heavy (non-hydrogen) atoms. The highest BCUT2D eigenvalue weighted by Crippen LogP contribution is 2.33. The average Bonchev–Trinajstić information content (AvgIpc) is 2.96. The van der Waals surface area contributed by atoms with E-state index in [-0.39, 0.29) is 18.0 Å². The van der Waals surface area contributed by atoms with Crippen LogP contribution in [0.25, 0.3) is 0 Å². The second-order valence-electron chi connectivity index (χ2n) is 6.13. The van der Waals surface area contributed by atoms with Crippen LogP contribution in [0.15, 0.2) is 24.3 Å². The van der Waals surface area contributed by atoms with Crippen molar-refractivity contribution in [3.63, 3.8) is 0 Å². The molecule has 2 N–H and O–H groups in total. The van der Waals surface area contributed by atoms with Crippen molar-refractivity contribution in [3.8, 4) is 5.75 Å². The van der Waals surface area contributed by atoms with E-state index in [2.05, 4.69) is 26.0 Å². The Morgan fingerprint density at radius 1 is 1.38 bits per heavy atom. The van der Waals surface area contributed by atoms with Gasteiger partial charge in [0, 0.05) is 19.0 Å². The zero-order chi connectivity index (χ0) is 15.4. The fourth-order valence-corrected chi connectivity index (χ4v) is 2.79. The summed E-state index contributed by atoms with van der Waals surface area (Å²) < 4.78 is 5.19. The van der Waals surface area contributed by atoms with Gasteiger partial charge in [0.2, 0.25) is 5.91 Å². The predicted molar refractivity (Wildman–Crippen MR) is 84.1 cm³/mol. The number of ether oxygens (including phenoxy) is 1. The van der Waals surface area contributed by atoms with Crippen molar-refractivity contribution in [2.24, 2.45) is 11.7 Å². The monoisotopic (exact) mass is 290 g/mol. The number of methoxy groups -OCH3 is 1. The lowest BCUT2D eigenvalue weighted by Gasteiger charge is -2.27. The summed E-state index contributed by atoms with van der Waals surface area (Å²) in [7, 11) is 1.66. The van der Waals surface area contributed by atoms with Crippen LogP contribution in [0.4, 0.5) is 0 Å². The minimum atomic E-state index is -0.0605. The Labute approximate surface area is 127 Å². The normalized spacial score (nSPS) is 19.9. The number of amides is 1. The first-order chi connectivity index (χ1) is 10.0. The standard InChI is InChI=1S/C17H26N2O2/c1-12(2)15(18)11-17(20)19-10-4-5-16(19)13-6-8-14(21-3)9-7-13/h6-9,12,15-16H,4-5,10-11,18H2,1-3H3. The first-order valence-corrected chi connectivity index (χ1v) is 7.72. The first-order valence-electron chi connectivity index (χ1n) is 7.72. The van der Waals surface area contributed by atoms with Gasteiger partial charge < -0.3 is 15.4 Å². The van der Waals surface area contributed by atoms with E-state index in [9.17, 15) is 4.79 Å². The number of nitrogens with zero attached hydrogens (tertiary/aromatic N) is 1. The molecule has 1 fully saturated rings. The highest BCUT2D eigenvalue weighted by Gasteiger charge is 2.30.